The van der Waals surface area contributed by atoms with Crippen LogP contribution in [0.25, 0.3) is 27.7 Å². The molecule has 32 heavy (non-hydrogen) atoms. The summed E-state index contributed by atoms with van der Waals surface area (Å²) in [4.78, 5) is 12.5. The monoisotopic (exact) mass is 469 g/mol. The van der Waals surface area contributed by atoms with E-state index in [-0.39, 0.29) is 5.91 Å². The second kappa shape index (κ2) is 9.55. The molecule has 0 saturated heterocycles. The molecule has 7 heteroatoms. The van der Waals surface area contributed by atoms with Crippen LogP contribution in [0.2, 0.25) is 10.0 Å². The molecule has 0 aliphatic heterocycles. The highest BCUT2D eigenvalue weighted by molar-refractivity contribution is 6.36. The lowest BCUT2D eigenvalue weighted by Gasteiger charge is -2.12. The van der Waals surface area contributed by atoms with E-state index >= 15 is 0 Å². The molecule has 0 radical (unpaired) electrons. The molecule has 4 rings (SSSR count). The van der Waals surface area contributed by atoms with E-state index in [4.69, 9.17) is 36.8 Å². The highest BCUT2D eigenvalue weighted by atomic mass is 35.5. The van der Waals surface area contributed by atoms with Crippen LogP contribution in [0.4, 0.5) is 0 Å². The molecule has 164 valence electrons. The molecule has 2 aromatic heterocycles. The third kappa shape index (κ3) is 4.69. The van der Waals surface area contributed by atoms with Crippen LogP contribution in [0.3, 0.4) is 0 Å². The van der Waals surface area contributed by atoms with E-state index in [2.05, 4.69) is 5.32 Å². The minimum atomic E-state index is -0.227. The van der Waals surface area contributed by atoms with E-state index in [0.717, 1.165) is 27.6 Å². The summed E-state index contributed by atoms with van der Waals surface area (Å²) in [6, 6.07) is 12.7. The van der Waals surface area contributed by atoms with Crippen LogP contribution in [0.5, 0.6) is 5.75 Å². The van der Waals surface area contributed by atoms with Crippen molar-refractivity contribution in [3.63, 3.8) is 0 Å². The molecule has 0 aliphatic rings. The number of ether oxygens (including phenoxy) is 1. The predicted octanol–water partition coefficient (Wildman–Crippen LogP) is 7.12. The second-order valence-electron chi connectivity index (χ2n) is 7.18. The Balaban J connectivity index is 1.71. The number of hydrogen-bond acceptors (Lipinski definition) is 4. The van der Waals surface area contributed by atoms with Crippen molar-refractivity contribution in [1.29, 1.82) is 0 Å². The van der Waals surface area contributed by atoms with Gasteiger partial charge in [0.1, 0.15) is 17.1 Å². The average molecular weight is 470 g/mol. The van der Waals surface area contributed by atoms with Crippen LogP contribution >= 0.6 is 23.2 Å². The van der Waals surface area contributed by atoms with E-state index in [1.54, 1.807) is 42.9 Å². The van der Waals surface area contributed by atoms with Gasteiger partial charge in [-0.25, -0.2) is 0 Å². The van der Waals surface area contributed by atoms with Crippen LogP contribution < -0.4 is 10.1 Å². The zero-order chi connectivity index (χ0) is 22.7. The number of allylic oxidation sites excluding steroid dienone is 1. The summed E-state index contributed by atoms with van der Waals surface area (Å²) in [5.41, 5.74) is 3.85. The highest BCUT2D eigenvalue weighted by Crippen LogP contribution is 2.40. The highest BCUT2D eigenvalue weighted by Gasteiger charge is 2.17. The number of halogens is 2. The molecule has 1 amide bonds. The molecule has 0 fully saturated rings. The van der Waals surface area contributed by atoms with Gasteiger partial charge in [-0.05, 0) is 49.8 Å². The fourth-order valence-corrected chi connectivity index (χ4v) is 3.98. The third-order valence-electron chi connectivity index (χ3n) is 4.99. The molecule has 1 N–H and O–H groups in total. The number of rotatable bonds is 7. The van der Waals surface area contributed by atoms with Crippen molar-refractivity contribution >= 4 is 45.7 Å². The predicted molar refractivity (Wildman–Crippen MR) is 127 cm³/mol. The normalized spacial score (nSPS) is 11.7. The Bertz CT molecular complexity index is 1290. The van der Waals surface area contributed by atoms with Crippen LogP contribution in [0.1, 0.15) is 25.2 Å². The van der Waals surface area contributed by atoms with Crippen molar-refractivity contribution in [1.82, 2.24) is 5.32 Å². The van der Waals surface area contributed by atoms with E-state index in [0.29, 0.717) is 40.3 Å². The van der Waals surface area contributed by atoms with E-state index in [9.17, 15) is 4.79 Å². The van der Waals surface area contributed by atoms with Crippen LogP contribution in [-0.2, 0) is 11.3 Å². The summed E-state index contributed by atoms with van der Waals surface area (Å²) in [5, 5.41) is 4.77. The number of hydrogen-bond donors (Lipinski definition) is 1. The van der Waals surface area contributed by atoms with Gasteiger partial charge in [0.25, 0.3) is 0 Å². The second-order valence-corrected chi connectivity index (χ2v) is 8.02. The van der Waals surface area contributed by atoms with Crippen LogP contribution in [0.15, 0.2) is 69.9 Å². The molecule has 4 aromatic rings. The van der Waals surface area contributed by atoms with Crippen LogP contribution in [-0.4, -0.2) is 12.5 Å². The number of amides is 1. The van der Waals surface area contributed by atoms with Gasteiger partial charge >= 0.3 is 0 Å². The Morgan fingerprint density at radius 2 is 1.97 bits per heavy atom. The number of nitrogens with one attached hydrogen (secondary N) is 1. The van der Waals surface area contributed by atoms with Crippen molar-refractivity contribution in [2.75, 3.05) is 6.61 Å². The van der Waals surface area contributed by atoms with Gasteiger partial charge in [0.2, 0.25) is 5.91 Å². The van der Waals surface area contributed by atoms with Gasteiger partial charge in [-0.2, -0.15) is 0 Å². The third-order valence-corrected chi connectivity index (χ3v) is 5.53. The molecule has 2 aromatic carbocycles. The summed E-state index contributed by atoms with van der Waals surface area (Å²) < 4.78 is 16.9. The zero-order valence-corrected chi connectivity index (χ0v) is 19.1. The first-order valence-electron chi connectivity index (χ1n) is 10.1. The Labute approximate surface area is 195 Å². The fraction of sp³-hybridized carbons (Fsp3) is 0.160. The molecule has 0 unspecified atom stereocenters. The van der Waals surface area contributed by atoms with Gasteiger partial charge in [0.05, 0.1) is 30.7 Å². The standard InChI is InChI=1S/C25H21Cl2NO4/c1-3-30-23-12-24-20(21(14-32-24)18-7-6-16(26)10-22(18)27)11-19(23)15(2)9-25(29)28-13-17-5-4-8-31-17/h4-12,14H,3,13H2,1-2H3,(H,28,29)/b15-9+. The zero-order valence-electron chi connectivity index (χ0n) is 17.6. The minimum Gasteiger partial charge on any atom is -0.493 e. The molecule has 0 bridgehead atoms. The number of carbonyl (C=O) groups is 1. The van der Waals surface area contributed by atoms with E-state index < -0.39 is 0 Å². The maximum absolute atomic E-state index is 12.5. The summed E-state index contributed by atoms with van der Waals surface area (Å²) in [6.07, 6.45) is 4.78. The Morgan fingerprint density at radius 1 is 1.12 bits per heavy atom. The lowest BCUT2D eigenvalue weighted by Crippen LogP contribution is -2.20. The molecule has 0 saturated carbocycles. The summed E-state index contributed by atoms with van der Waals surface area (Å²) in [5.74, 6) is 1.09. The Kier molecular flexibility index (Phi) is 6.58. The van der Waals surface area contributed by atoms with Crippen LogP contribution in [0, 0.1) is 0 Å². The minimum absolute atomic E-state index is 0.227. The van der Waals surface area contributed by atoms with Gasteiger partial charge in [-0.3, -0.25) is 4.79 Å². The summed E-state index contributed by atoms with van der Waals surface area (Å²) in [7, 11) is 0. The molecule has 5 nitrogen and oxygen atoms in total. The Hall–Kier alpha value is -3.15. The first kappa shape index (κ1) is 22.1. The molecule has 0 spiro atoms. The lowest BCUT2D eigenvalue weighted by molar-refractivity contribution is -0.116. The molecule has 0 atom stereocenters. The van der Waals surface area contributed by atoms with Crippen molar-refractivity contribution in [2.24, 2.45) is 0 Å². The largest absolute Gasteiger partial charge is 0.493 e. The molecule has 0 aliphatic carbocycles. The van der Waals surface area contributed by atoms with Crippen molar-refractivity contribution in [2.45, 2.75) is 20.4 Å². The molecular weight excluding hydrogens is 449 g/mol. The lowest BCUT2D eigenvalue weighted by atomic mass is 9.99. The summed E-state index contributed by atoms with van der Waals surface area (Å²) in [6.45, 7) is 4.57. The number of fused-ring (bicyclic) bond motifs is 1. The van der Waals surface area contributed by atoms with Gasteiger partial charge in [-0.15, -0.1) is 0 Å². The average Bonchev–Trinajstić information content (AvgIpc) is 3.42. The van der Waals surface area contributed by atoms with Crippen molar-refractivity contribution in [3.05, 3.63) is 82.4 Å². The number of carbonyl (C=O) groups excluding carboxylic acids is 1. The van der Waals surface area contributed by atoms with Crippen molar-refractivity contribution < 1.29 is 18.4 Å². The van der Waals surface area contributed by atoms with Gasteiger partial charge < -0.3 is 18.9 Å². The topological polar surface area (TPSA) is 64.6 Å². The van der Waals surface area contributed by atoms with Gasteiger partial charge in [0, 0.05) is 39.2 Å². The SMILES string of the molecule is CCOc1cc2occ(-c3ccc(Cl)cc3Cl)c2cc1/C(C)=C/C(=O)NCc1ccco1. The maximum atomic E-state index is 12.5. The van der Waals surface area contributed by atoms with E-state index in [1.165, 1.54) is 0 Å². The Morgan fingerprint density at radius 3 is 2.69 bits per heavy atom. The van der Waals surface area contributed by atoms with Crippen molar-refractivity contribution in [3.8, 4) is 16.9 Å². The first-order valence-corrected chi connectivity index (χ1v) is 10.8. The maximum Gasteiger partial charge on any atom is 0.244 e. The fourth-order valence-electron chi connectivity index (χ4n) is 3.47. The van der Waals surface area contributed by atoms with Gasteiger partial charge in [-0.1, -0.05) is 29.3 Å². The molecular formula is C25H21Cl2NO4. The van der Waals surface area contributed by atoms with E-state index in [1.807, 2.05) is 32.0 Å². The first-order chi connectivity index (χ1) is 15.5. The molecule has 2 heterocycles. The number of benzene rings is 2. The quantitative estimate of drug-likeness (QED) is 0.292. The summed E-state index contributed by atoms with van der Waals surface area (Å²) >= 11 is 12.5. The van der Waals surface area contributed by atoms with Gasteiger partial charge in [0.15, 0.2) is 0 Å². The number of furan rings is 2. The smallest absolute Gasteiger partial charge is 0.244 e.